The molecule has 0 bridgehead atoms. The van der Waals surface area contributed by atoms with Gasteiger partial charge >= 0.3 is 0 Å². The summed E-state index contributed by atoms with van der Waals surface area (Å²) < 4.78 is 4.22. The maximum absolute atomic E-state index is 9.05. The fourth-order valence-electron chi connectivity index (χ4n) is 0.929. The molecular formula is C9H17N3OS. The van der Waals surface area contributed by atoms with Crippen LogP contribution in [0.1, 0.15) is 38.9 Å². The highest BCUT2D eigenvalue weighted by atomic mass is 32.1. The maximum atomic E-state index is 9.05. The average molecular weight is 215 g/mol. The van der Waals surface area contributed by atoms with Crippen molar-refractivity contribution < 1.29 is 5.11 Å². The van der Waals surface area contributed by atoms with E-state index >= 15 is 0 Å². The van der Waals surface area contributed by atoms with E-state index < -0.39 is 0 Å². The summed E-state index contributed by atoms with van der Waals surface area (Å²) in [5.41, 5.74) is 0. The molecule has 0 aliphatic rings. The van der Waals surface area contributed by atoms with Crippen molar-refractivity contribution in [3.63, 3.8) is 0 Å². The van der Waals surface area contributed by atoms with Crippen molar-refractivity contribution in [2.75, 3.05) is 11.9 Å². The monoisotopic (exact) mass is 215 g/mol. The Morgan fingerprint density at radius 3 is 2.64 bits per heavy atom. The van der Waals surface area contributed by atoms with Gasteiger partial charge in [0.25, 0.3) is 0 Å². The van der Waals surface area contributed by atoms with Gasteiger partial charge in [0.05, 0.1) is 6.10 Å². The number of nitrogens with zero attached hydrogens (tertiary/aromatic N) is 2. The third-order valence-electron chi connectivity index (χ3n) is 1.80. The van der Waals surface area contributed by atoms with Gasteiger partial charge in [-0.05, 0) is 13.3 Å². The van der Waals surface area contributed by atoms with E-state index in [1.165, 1.54) is 11.5 Å². The molecule has 80 valence electrons. The number of hydrogen-bond acceptors (Lipinski definition) is 5. The molecule has 1 aromatic heterocycles. The largest absolute Gasteiger partial charge is 0.393 e. The number of aliphatic hydroxyl groups excluding tert-OH is 1. The molecule has 1 heterocycles. The van der Waals surface area contributed by atoms with Gasteiger partial charge in [-0.2, -0.15) is 4.37 Å². The molecule has 1 unspecified atom stereocenters. The summed E-state index contributed by atoms with van der Waals surface area (Å²) in [6.45, 7) is 6.66. The molecule has 1 aromatic rings. The van der Waals surface area contributed by atoms with E-state index in [0.29, 0.717) is 5.92 Å². The van der Waals surface area contributed by atoms with E-state index in [0.717, 1.165) is 23.9 Å². The van der Waals surface area contributed by atoms with Crippen molar-refractivity contribution in [3.8, 4) is 0 Å². The number of aliphatic hydroxyl groups is 1. The van der Waals surface area contributed by atoms with Crippen molar-refractivity contribution in [2.45, 2.75) is 39.2 Å². The van der Waals surface area contributed by atoms with Crippen LogP contribution in [-0.4, -0.2) is 27.1 Å². The van der Waals surface area contributed by atoms with Crippen LogP contribution >= 0.6 is 11.5 Å². The average Bonchev–Trinajstić information content (AvgIpc) is 2.52. The highest BCUT2D eigenvalue weighted by Crippen LogP contribution is 2.17. The summed E-state index contributed by atoms with van der Waals surface area (Å²) in [5, 5.41) is 13.0. The molecule has 14 heavy (non-hydrogen) atoms. The molecule has 0 saturated heterocycles. The smallest absolute Gasteiger partial charge is 0.202 e. The number of hydrogen-bond donors (Lipinski definition) is 2. The van der Waals surface area contributed by atoms with E-state index in [1.807, 2.05) is 0 Å². The normalized spacial score (nSPS) is 13.2. The third-order valence-corrected chi connectivity index (χ3v) is 2.48. The quantitative estimate of drug-likeness (QED) is 0.787. The van der Waals surface area contributed by atoms with Crippen LogP contribution in [0.4, 0.5) is 5.13 Å². The molecule has 0 saturated carbocycles. The van der Waals surface area contributed by atoms with Crippen LogP contribution < -0.4 is 5.32 Å². The van der Waals surface area contributed by atoms with E-state index in [-0.39, 0.29) is 6.10 Å². The summed E-state index contributed by atoms with van der Waals surface area (Å²) in [7, 11) is 0. The van der Waals surface area contributed by atoms with Gasteiger partial charge in [-0.25, -0.2) is 4.98 Å². The molecule has 0 amide bonds. The minimum Gasteiger partial charge on any atom is -0.393 e. The fraction of sp³-hybridized carbons (Fsp3) is 0.778. The van der Waals surface area contributed by atoms with Gasteiger partial charge in [-0.15, -0.1) is 0 Å². The first-order valence-electron chi connectivity index (χ1n) is 4.85. The van der Waals surface area contributed by atoms with Crippen molar-refractivity contribution in [1.29, 1.82) is 0 Å². The van der Waals surface area contributed by atoms with Crippen LogP contribution in [0.5, 0.6) is 0 Å². The lowest BCUT2D eigenvalue weighted by Gasteiger charge is -2.03. The third kappa shape index (κ3) is 3.59. The highest BCUT2D eigenvalue weighted by molar-refractivity contribution is 7.09. The molecule has 2 N–H and O–H groups in total. The standard InChI is InChI=1S/C9H17N3OS/c1-6(2)8-11-9(14-12-8)10-5-4-7(3)13/h6-7,13H,4-5H2,1-3H3,(H,10,11,12). The Balaban J connectivity index is 2.36. The van der Waals surface area contributed by atoms with Gasteiger partial charge in [-0.3, -0.25) is 0 Å². The molecule has 0 radical (unpaired) electrons. The van der Waals surface area contributed by atoms with Crippen molar-refractivity contribution in [1.82, 2.24) is 9.36 Å². The lowest BCUT2D eigenvalue weighted by atomic mass is 10.2. The predicted molar refractivity (Wildman–Crippen MR) is 58.8 cm³/mol. The minimum atomic E-state index is -0.264. The summed E-state index contributed by atoms with van der Waals surface area (Å²) in [6, 6.07) is 0. The molecule has 0 fully saturated rings. The van der Waals surface area contributed by atoms with Crippen molar-refractivity contribution in [2.24, 2.45) is 0 Å². The zero-order valence-corrected chi connectivity index (χ0v) is 9.64. The van der Waals surface area contributed by atoms with Crippen LogP contribution in [0.15, 0.2) is 0 Å². The van der Waals surface area contributed by atoms with Crippen LogP contribution in [-0.2, 0) is 0 Å². The Morgan fingerprint density at radius 1 is 1.43 bits per heavy atom. The Morgan fingerprint density at radius 2 is 2.14 bits per heavy atom. The summed E-state index contributed by atoms with van der Waals surface area (Å²) in [6.07, 6.45) is 0.469. The predicted octanol–water partition coefficient (Wildman–Crippen LogP) is 1.84. The summed E-state index contributed by atoms with van der Waals surface area (Å²) in [4.78, 5) is 4.32. The molecule has 0 aliphatic heterocycles. The van der Waals surface area contributed by atoms with Gasteiger partial charge in [0.1, 0.15) is 5.82 Å². The van der Waals surface area contributed by atoms with E-state index in [2.05, 4.69) is 28.5 Å². The van der Waals surface area contributed by atoms with E-state index in [9.17, 15) is 0 Å². The topological polar surface area (TPSA) is 58.0 Å². The molecular weight excluding hydrogens is 198 g/mol. The Hall–Kier alpha value is -0.680. The highest BCUT2D eigenvalue weighted by Gasteiger charge is 2.06. The Kier molecular flexibility index (Phi) is 4.28. The number of aromatic nitrogens is 2. The van der Waals surface area contributed by atoms with Gasteiger partial charge < -0.3 is 10.4 Å². The lowest BCUT2D eigenvalue weighted by Crippen LogP contribution is -2.09. The van der Waals surface area contributed by atoms with Gasteiger partial charge in [0.15, 0.2) is 0 Å². The Labute approximate surface area is 88.6 Å². The zero-order valence-electron chi connectivity index (χ0n) is 8.82. The molecule has 5 heteroatoms. The van der Waals surface area contributed by atoms with E-state index in [4.69, 9.17) is 5.11 Å². The second kappa shape index (κ2) is 5.26. The fourth-order valence-corrected chi connectivity index (χ4v) is 1.66. The summed E-state index contributed by atoms with van der Waals surface area (Å²) in [5.74, 6) is 1.26. The number of rotatable bonds is 5. The number of nitrogens with one attached hydrogen (secondary N) is 1. The first kappa shape index (κ1) is 11.4. The SMILES string of the molecule is CC(O)CCNc1nc(C(C)C)ns1. The summed E-state index contributed by atoms with van der Waals surface area (Å²) >= 11 is 1.38. The second-order valence-corrected chi connectivity index (χ2v) is 4.43. The zero-order chi connectivity index (χ0) is 10.6. The van der Waals surface area contributed by atoms with Gasteiger partial charge in [0, 0.05) is 24.0 Å². The molecule has 1 rings (SSSR count). The Bertz CT molecular complexity index is 273. The molecule has 4 nitrogen and oxygen atoms in total. The van der Waals surface area contributed by atoms with E-state index in [1.54, 1.807) is 6.92 Å². The van der Waals surface area contributed by atoms with Crippen LogP contribution in [0.2, 0.25) is 0 Å². The minimum absolute atomic E-state index is 0.264. The lowest BCUT2D eigenvalue weighted by molar-refractivity contribution is 0.189. The molecule has 0 aliphatic carbocycles. The molecule has 0 aromatic carbocycles. The van der Waals surface area contributed by atoms with Crippen LogP contribution in [0, 0.1) is 0 Å². The van der Waals surface area contributed by atoms with Gasteiger partial charge in [0.2, 0.25) is 5.13 Å². The molecule has 1 atom stereocenters. The van der Waals surface area contributed by atoms with Crippen LogP contribution in [0.3, 0.4) is 0 Å². The maximum Gasteiger partial charge on any atom is 0.202 e. The molecule has 0 spiro atoms. The van der Waals surface area contributed by atoms with Gasteiger partial charge in [-0.1, -0.05) is 13.8 Å². The van der Waals surface area contributed by atoms with Crippen LogP contribution in [0.25, 0.3) is 0 Å². The second-order valence-electron chi connectivity index (χ2n) is 3.68. The van der Waals surface area contributed by atoms with Crippen molar-refractivity contribution >= 4 is 16.7 Å². The number of anilines is 1. The first-order chi connectivity index (χ1) is 6.59. The first-order valence-corrected chi connectivity index (χ1v) is 5.62. The van der Waals surface area contributed by atoms with Crippen molar-refractivity contribution in [3.05, 3.63) is 5.82 Å².